The van der Waals surface area contributed by atoms with E-state index in [4.69, 9.17) is 84.2 Å². The lowest BCUT2D eigenvalue weighted by molar-refractivity contribution is -0.864. The maximum atomic E-state index is 11.8. The molecule has 2 aromatic carbocycles. The highest BCUT2D eigenvalue weighted by Crippen LogP contribution is 2.20. The van der Waals surface area contributed by atoms with Gasteiger partial charge in [-0.25, -0.2) is 14.6 Å². The van der Waals surface area contributed by atoms with Crippen LogP contribution in [0.2, 0.25) is 5.02 Å². The van der Waals surface area contributed by atoms with E-state index in [0.29, 0.717) is 58.3 Å². The summed E-state index contributed by atoms with van der Waals surface area (Å²) in [6, 6.07) is 11.5. The Morgan fingerprint density at radius 1 is 0.763 bits per heavy atom. The van der Waals surface area contributed by atoms with E-state index in [1.54, 1.807) is 89.4 Å². The topological polar surface area (TPSA) is 432 Å². The van der Waals surface area contributed by atoms with Crippen molar-refractivity contribution in [3.63, 3.8) is 0 Å². The summed E-state index contributed by atoms with van der Waals surface area (Å²) in [4.78, 5) is 44.1. The molecule has 1 aromatic heterocycles. The number of nitrogens with zero attached hydrogens (tertiary/aromatic N) is 4. The molecular weight excluding hydrogens is 1020 g/mol. The SMILES string of the molecule is CCN(CC)CCOC(=O)c1ccc(N)cc1.CCN(CC)CCOC(=O)c1ccc(N)cc1Cl.CNC[C@H](O)[C@@H](O)[C@H](O)[C@H](O)CO.C[N+](C)(C)CC(=O)[O-].NC(CO)(CO)CO.OCCNCCO.c1c[nH]cn1. The van der Waals surface area contributed by atoms with Crippen LogP contribution in [0, 0.1) is 0 Å². The number of rotatable bonds is 27. The van der Waals surface area contributed by atoms with Gasteiger partial charge in [0.2, 0.25) is 0 Å². The monoisotopic (exact) mass is 1110 g/mol. The number of nitrogens with two attached hydrogens (primary N) is 3. The molecule has 0 radical (unpaired) electrons. The van der Waals surface area contributed by atoms with Crippen LogP contribution in [0.5, 0.6) is 0 Å². The summed E-state index contributed by atoms with van der Waals surface area (Å²) in [5, 5.41) is 102. The van der Waals surface area contributed by atoms with Crippen LogP contribution >= 0.6 is 11.6 Å². The van der Waals surface area contributed by atoms with Crippen molar-refractivity contribution in [2.45, 2.75) is 57.6 Å². The number of hydrogen-bond acceptors (Lipinski definition) is 24. The number of aliphatic hydroxyl groups is 10. The standard InChI is InChI=1S/C13H19ClN2O2.C13H20N2O2.C7H17NO5.C5H11NO2.C4H11NO3.C4H11NO2.C3H4N2/c1-3-16(4-2)7-8-18-13(17)11-6-5-10(15)9-12(11)14;1-3-15(4-2)9-10-17-13(16)11-5-7-12(14)8-6-11;1-8-2-4(10)6(12)7(13)5(11)3-9;1-6(2,3)4-5(7)8;5-4(1-6,2-7)3-8;6-3-1-5-2-4-7;1-2-5-3-4-1/h5-6,9H,3-4,7-8,15H2,1-2H3;5-8H,3-4,9-10,14H2,1-2H3;4-13H,2-3H2,1H3;4H2,1-3H3;6-8H,1-3,5H2;5-7H,1-4H2;1-3H,(H,4,5)/t;;4-,5+,6+,7+;;;;/m..0..../s1. The molecule has 0 amide bonds. The van der Waals surface area contributed by atoms with Crippen LogP contribution in [0.3, 0.4) is 0 Å². The van der Waals surface area contributed by atoms with Crippen LogP contribution in [0.25, 0.3) is 0 Å². The van der Waals surface area contributed by atoms with Crippen molar-refractivity contribution in [2.75, 3.05) is 158 Å². The summed E-state index contributed by atoms with van der Waals surface area (Å²) in [6.45, 7) is 14.1. The lowest BCUT2D eigenvalue weighted by Gasteiger charge is -2.25. The van der Waals surface area contributed by atoms with E-state index in [2.05, 4.69) is 58.1 Å². The highest BCUT2D eigenvalue weighted by Gasteiger charge is 2.29. The molecule has 0 saturated heterocycles. The van der Waals surface area contributed by atoms with Crippen LogP contribution < -0.4 is 32.9 Å². The zero-order valence-corrected chi connectivity index (χ0v) is 46.4. The first-order valence-corrected chi connectivity index (χ1v) is 24.8. The molecule has 0 aliphatic carbocycles. The molecule has 4 atom stereocenters. The van der Waals surface area contributed by atoms with Crippen LogP contribution in [0.15, 0.2) is 61.2 Å². The molecule has 0 aliphatic heterocycles. The van der Waals surface area contributed by atoms with Gasteiger partial charge in [-0.3, -0.25) is 0 Å². The fraction of sp³-hybridized carbons (Fsp3) is 0.633. The smallest absolute Gasteiger partial charge is 0.339 e. The number of nitrogen functional groups attached to an aromatic ring is 2. The molecule has 0 fully saturated rings. The van der Waals surface area contributed by atoms with Crippen molar-refractivity contribution >= 4 is 40.9 Å². The molecule has 0 saturated carbocycles. The first kappa shape index (κ1) is 77.8. The number of carbonyl (C=O) groups is 3. The summed E-state index contributed by atoms with van der Waals surface area (Å²) >= 11 is 5.93. The van der Waals surface area contributed by atoms with Crippen LogP contribution in [0.1, 0.15) is 48.4 Å². The third-order valence-corrected chi connectivity index (χ3v) is 10.0. The van der Waals surface area contributed by atoms with E-state index in [1.165, 1.54) is 0 Å². The Balaban J connectivity index is -0.000000415. The predicted octanol–water partition coefficient (Wildman–Crippen LogP) is -4.10. The summed E-state index contributed by atoms with van der Waals surface area (Å²) in [5.41, 5.74) is 17.1. The Labute approximate surface area is 453 Å². The summed E-state index contributed by atoms with van der Waals surface area (Å²) in [5.74, 6) is -1.71. The highest BCUT2D eigenvalue weighted by atomic mass is 35.5. The van der Waals surface area contributed by atoms with Gasteiger partial charge in [0.15, 0.2) is 0 Å². The van der Waals surface area contributed by atoms with Gasteiger partial charge in [0.1, 0.15) is 38.1 Å². The number of aliphatic carboxylic acids is 1. The zero-order valence-electron chi connectivity index (χ0n) is 45.6. The third-order valence-electron chi connectivity index (χ3n) is 9.70. The molecule has 76 heavy (non-hydrogen) atoms. The first-order valence-electron chi connectivity index (χ1n) is 24.4. The van der Waals surface area contributed by atoms with Crippen LogP contribution in [0.4, 0.5) is 11.4 Å². The van der Waals surface area contributed by atoms with Gasteiger partial charge in [-0.15, -0.1) is 0 Å². The molecule has 1 heterocycles. The van der Waals surface area contributed by atoms with E-state index >= 15 is 0 Å². The fourth-order valence-corrected chi connectivity index (χ4v) is 5.29. The van der Waals surface area contributed by atoms with E-state index < -0.39 is 68.3 Å². The van der Waals surface area contributed by atoms with E-state index in [1.807, 2.05) is 0 Å². The molecule has 442 valence electrons. The van der Waals surface area contributed by atoms with Crippen molar-refractivity contribution in [1.82, 2.24) is 30.4 Å². The Hall–Kier alpha value is -4.69. The number of esters is 2. The normalized spacial score (nSPS) is 12.3. The molecule has 0 spiro atoms. The number of benzene rings is 2. The Bertz CT molecular complexity index is 1780. The number of carbonyl (C=O) groups excluding carboxylic acids is 3. The van der Waals surface area contributed by atoms with Crippen molar-refractivity contribution in [2.24, 2.45) is 5.73 Å². The van der Waals surface area contributed by atoms with Gasteiger partial charge in [-0.1, -0.05) is 39.3 Å². The number of ether oxygens (including phenoxy) is 2. The number of imidazole rings is 1. The second-order valence-corrected chi connectivity index (χ2v) is 17.6. The molecule has 0 bridgehead atoms. The van der Waals surface area contributed by atoms with Crippen molar-refractivity contribution < 1.29 is 84.5 Å². The van der Waals surface area contributed by atoms with Gasteiger partial charge in [0.25, 0.3) is 0 Å². The Morgan fingerprint density at radius 2 is 1.22 bits per heavy atom. The van der Waals surface area contributed by atoms with Crippen molar-refractivity contribution in [3.05, 3.63) is 77.3 Å². The van der Waals surface area contributed by atoms with E-state index in [-0.39, 0.29) is 32.3 Å². The maximum Gasteiger partial charge on any atom is 0.339 e. The Morgan fingerprint density at radius 3 is 1.54 bits per heavy atom. The lowest BCUT2D eigenvalue weighted by atomic mass is 10.0. The zero-order chi connectivity index (χ0) is 59.1. The largest absolute Gasteiger partial charge is 0.544 e. The van der Waals surface area contributed by atoms with Gasteiger partial charge in [-0.05, 0) is 75.7 Å². The summed E-state index contributed by atoms with van der Waals surface area (Å²) < 4.78 is 10.8. The molecule has 26 nitrogen and oxygen atoms in total. The van der Waals surface area contributed by atoms with E-state index in [0.717, 1.165) is 39.3 Å². The second-order valence-electron chi connectivity index (χ2n) is 17.2. The number of quaternary nitrogens is 1. The average Bonchev–Trinajstić information content (AvgIpc) is 3.99. The fourth-order valence-electron chi connectivity index (χ4n) is 5.02. The molecule has 3 aromatic rings. The minimum atomic E-state index is -1.55. The first-order chi connectivity index (χ1) is 35.8. The molecule has 3 rings (SSSR count). The number of nitrogens with one attached hydrogen (secondary N) is 3. The number of anilines is 2. The number of aromatic amines is 1. The van der Waals surface area contributed by atoms with Gasteiger partial charge >= 0.3 is 11.9 Å². The molecule has 0 aliphatic rings. The maximum absolute atomic E-state index is 11.8. The molecule has 0 unspecified atom stereocenters. The summed E-state index contributed by atoms with van der Waals surface area (Å²) in [7, 11) is 6.98. The number of halogens is 1. The van der Waals surface area contributed by atoms with Crippen molar-refractivity contribution in [1.29, 1.82) is 0 Å². The van der Waals surface area contributed by atoms with Gasteiger partial charge < -0.3 is 118 Å². The number of aromatic nitrogens is 2. The number of hydrogen-bond donors (Lipinski definition) is 16. The molecule has 19 N–H and O–H groups in total. The average molecular weight is 1110 g/mol. The summed E-state index contributed by atoms with van der Waals surface area (Å²) in [6.07, 6.45) is -0.564. The van der Waals surface area contributed by atoms with Crippen molar-refractivity contribution in [3.8, 4) is 0 Å². The number of aliphatic hydroxyl groups excluding tert-OH is 10. The number of carboxylic acid groups (broad SMARTS) is 1. The number of likely N-dealkylation sites (N-methyl/N-ethyl adjacent to an activating group) is 4. The second kappa shape index (κ2) is 48.7. The van der Waals surface area contributed by atoms with Gasteiger partial charge in [-0.2, -0.15) is 0 Å². The quantitative estimate of drug-likeness (QED) is 0.0149. The van der Waals surface area contributed by atoms with Crippen LogP contribution in [-0.4, -0.2) is 270 Å². The molecule has 27 heteroatoms. The number of carboxylic acids is 1. The van der Waals surface area contributed by atoms with Gasteiger partial charge in [0, 0.05) is 56.5 Å². The minimum Gasteiger partial charge on any atom is -0.544 e. The predicted molar refractivity (Wildman–Crippen MR) is 290 cm³/mol. The number of H-pyrrole nitrogens is 1. The van der Waals surface area contributed by atoms with E-state index in [9.17, 15) is 24.6 Å². The third kappa shape index (κ3) is 43.4. The molecular formula is C49H93ClN10O16. The minimum absolute atomic E-state index is 0.0694. The van der Waals surface area contributed by atoms with Crippen LogP contribution in [-0.2, 0) is 14.3 Å². The lowest BCUT2D eigenvalue weighted by Crippen LogP contribution is -2.50. The highest BCUT2D eigenvalue weighted by molar-refractivity contribution is 6.33. The van der Waals surface area contributed by atoms with Gasteiger partial charge in [0.05, 0.1) is 101 Å². The Kier molecular flexibility index (Phi) is 49.8.